The van der Waals surface area contributed by atoms with Gasteiger partial charge in [0.05, 0.1) is 11.6 Å². The molecule has 20 heavy (non-hydrogen) atoms. The van der Waals surface area contributed by atoms with Crippen LogP contribution in [0.2, 0.25) is 0 Å². The number of nitrogens with zero attached hydrogens (tertiary/aromatic N) is 2. The highest BCUT2D eigenvalue weighted by Crippen LogP contribution is 2.28. The summed E-state index contributed by atoms with van der Waals surface area (Å²) in [6.07, 6.45) is 2.74. The first kappa shape index (κ1) is 14.7. The van der Waals surface area contributed by atoms with Gasteiger partial charge in [-0.05, 0) is 37.9 Å². The van der Waals surface area contributed by atoms with Crippen LogP contribution in [0.1, 0.15) is 31.7 Å². The van der Waals surface area contributed by atoms with Gasteiger partial charge >= 0.3 is 0 Å². The molecule has 1 aromatic carbocycles. The summed E-state index contributed by atoms with van der Waals surface area (Å²) in [7, 11) is 0. The summed E-state index contributed by atoms with van der Waals surface area (Å²) in [5, 5.41) is 12.0. The van der Waals surface area contributed by atoms with Gasteiger partial charge in [0, 0.05) is 19.1 Å². The highest BCUT2D eigenvalue weighted by molar-refractivity contribution is 5.53. The van der Waals surface area contributed by atoms with Gasteiger partial charge in [0.2, 0.25) is 0 Å². The van der Waals surface area contributed by atoms with Crippen molar-refractivity contribution in [2.75, 3.05) is 24.5 Å². The molecule has 1 aromatic rings. The number of anilines is 1. The third kappa shape index (κ3) is 3.07. The second-order valence-corrected chi connectivity index (χ2v) is 5.09. The second kappa shape index (κ2) is 6.67. The number of nitriles is 1. The SMILES string of the molecule is CCCN(c1c(F)cc(C#N)cc1F)C1CCCNC1. The lowest BCUT2D eigenvalue weighted by molar-refractivity contribution is 0.421. The molecule has 1 atom stereocenters. The maximum atomic E-state index is 14.2. The third-order valence-electron chi connectivity index (χ3n) is 3.61. The molecular weight excluding hydrogens is 260 g/mol. The molecule has 0 aliphatic carbocycles. The van der Waals surface area contributed by atoms with Gasteiger partial charge < -0.3 is 10.2 Å². The summed E-state index contributed by atoms with van der Waals surface area (Å²) < 4.78 is 28.3. The van der Waals surface area contributed by atoms with Crippen molar-refractivity contribution < 1.29 is 8.78 Å². The van der Waals surface area contributed by atoms with Crippen LogP contribution in [-0.2, 0) is 0 Å². The average Bonchev–Trinajstić information content (AvgIpc) is 2.46. The van der Waals surface area contributed by atoms with Gasteiger partial charge in [0.25, 0.3) is 0 Å². The zero-order valence-electron chi connectivity index (χ0n) is 11.6. The van der Waals surface area contributed by atoms with Crippen LogP contribution in [0.25, 0.3) is 0 Å². The van der Waals surface area contributed by atoms with Crippen molar-refractivity contribution >= 4 is 5.69 Å². The van der Waals surface area contributed by atoms with Crippen LogP contribution in [-0.4, -0.2) is 25.7 Å². The molecule has 0 spiro atoms. The Morgan fingerprint density at radius 2 is 2.10 bits per heavy atom. The van der Waals surface area contributed by atoms with Crippen LogP contribution in [0, 0.1) is 23.0 Å². The van der Waals surface area contributed by atoms with Crippen LogP contribution in [0.15, 0.2) is 12.1 Å². The molecule has 108 valence electrons. The van der Waals surface area contributed by atoms with Crippen molar-refractivity contribution in [3.8, 4) is 6.07 Å². The molecule has 0 saturated carbocycles. The Bertz CT molecular complexity index is 481. The number of benzene rings is 1. The highest BCUT2D eigenvalue weighted by Gasteiger charge is 2.25. The number of hydrogen-bond acceptors (Lipinski definition) is 3. The lowest BCUT2D eigenvalue weighted by Gasteiger charge is -2.36. The molecule has 0 aromatic heterocycles. The van der Waals surface area contributed by atoms with Crippen molar-refractivity contribution in [1.82, 2.24) is 5.32 Å². The summed E-state index contributed by atoms with van der Waals surface area (Å²) in [5.74, 6) is -1.30. The van der Waals surface area contributed by atoms with E-state index in [-0.39, 0.29) is 17.3 Å². The molecule has 1 aliphatic heterocycles. The van der Waals surface area contributed by atoms with Gasteiger partial charge in [0.15, 0.2) is 11.6 Å². The number of rotatable bonds is 4. The van der Waals surface area contributed by atoms with Gasteiger partial charge in [-0.25, -0.2) is 8.78 Å². The van der Waals surface area contributed by atoms with E-state index in [1.54, 1.807) is 11.0 Å². The quantitative estimate of drug-likeness (QED) is 0.921. The molecule has 2 rings (SSSR count). The molecule has 1 N–H and O–H groups in total. The lowest BCUT2D eigenvalue weighted by atomic mass is 10.0. The molecule has 0 amide bonds. The van der Waals surface area contributed by atoms with Gasteiger partial charge in [-0.15, -0.1) is 0 Å². The fourth-order valence-electron chi connectivity index (χ4n) is 2.72. The topological polar surface area (TPSA) is 39.1 Å². The van der Waals surface area contributed by atoms with E-state index in [1.807, 2.05) is 6.92 Å². The fourth-order valence-corrected chi connectivity index (χ4v) is 2.72. The highest BCUT2D eigenvalue weighted by atomic mass is 19.1. The van der Waals surface area contributed by atoms with Gasteiger partial charge in [0.1, 0.15) is 5.69 Å². The minimum absolute atomic E-state index is 0.000417. The van der Waals surface area contributed by atoms with E-state index >= 15 is 0 Å². The van der Waals surface area contributed by atoms with Crippen LogP contribution >= 0.6 is 0 Å². The Morgan fingerprint density at radius 3 is 2.60 bits per heavy atom. The van der Waals surface area contributed by atoms with E-state index in [0.29, 0.717) is 6.54 Å². The van der Waals surface area contributed by atoms with Crippen LogP contribution < -0.4 is 10.2 Å². The third-order valence-corrected chi connectivity index (χ3v) is 3.61. The number of piperidine rings is 1. The Morgan fingerprint density at radius 1 is 1.40 bits per heavy atom. The van der Waals surface area contributed by atoms with Crippen LogP contribution in [0.3, 0.4) is 0 Å². The Balaban J connectivity index is 2.36. The van der Waals surface area contributed by atoms with Gasteiger partial charge in [-0.3, -0.25) is 0 Å². The van der Waals surface area contributed by atoms with Crippen molar-refractivity contribution in [3.05, 3.63) is 29.3 Å². The smallest absolute Gasteiger partial charge is 0.150 e. The average molecular weight is 279 g/mol. The zero-order chi connectivity index (χ0) is 14.5. The maximum absolute atomic E-state index is 14.2. The minimum Gasteiger partial charge on any atom is -0.363 e. The van der Waals surface area contributed by atoms with Gasteiger partial charge in [-0.1, -0.05) is 6.92 Å². The Labute approximate surface area is 118 Å². The van der Waals surface area contributed by atoms with E-state index in [2.05, 4.69) is 5.32 Å². The Kier molecular flexibility index (Phi) is 4.91. The summed E-state index contributed by atoms with van der Waals surface area (Å²) in [5.41, 5.74) is 0.0153. The summed E-state index contributed by atoms with van der Waals surface area (Å²) >= 11 is 0. The van der Waals surface area contributed by atoms with Crippen molar-refractivity contribution in [2.24, 2.45) is 0 Å². The lowest BCUT2D eigenvalue weighted by Crippen LogP contribution is -2.47. The second-order valence-electron chi connectivity index (χ2n) is 5.09. The first-order chi connectivity index (χ1) is 9.67. The molecule has 1 fully saturated rings. The summed E-state index contributed by atoms with van der Waals surface area (Å²) in [4.78, 5) is 1.80. The number of hydrogen-bond donors (Lipinski definition) is 1. The van der Waals surface area contributed by atoms with E-state index in [0.717, 1.165) is 44.5 Å². The number of nitrogens with one attached hydrogen (secondary N) is 1. The molecule has 5 heteroatoms. The first-order valence-corrected chi connectivity index (χ1v) is 7.04. The predicted octanol–water partition coefficient (Wildman–Crippen LogP) is 2.80. The van der Waals surface area contributed by atoms with Crippen molar-refractivity contribution in [3.63, 3.8) is 0 Å². The van der Waals surface area contributed by atoms with Crippen LogP contribution in [0.4, 0.5) is 14.5 Å². The predicted molar refractivity (Wildman–Crippen MR) is 74.6 cm³/mol. The fraction of sp³-hybridized carbons (Fsp3) is 0.533. The standard InChI is InChI=1S/C15H19F2N3/c1-2-6-20(12-4-3-5-19-10-12)15-13(16)7-11(9-18)8-14(15)17/h7-8,12,19H,2-6,10H2,1H3. The summed E-state index contributed by atoms with van der Waals surface area (Å²) in [6.45, 7) is 4.28. The van der Waals surface area contributed by atoms with Crippen molar-refractivity contribution in [1.29, 1.82) is 5.26 Å². The largest absolute Gasteiger partial charge is 0.363 e. The normalized spacial score (nSPS) is 18.6. The van der Waals surface area contributed by atoms with Crippen molar-refractivity contribution in [2.45, 2.75) is 32.2 Å². The van der Waals surface area contributed by atoms with E-state index < -0.39 is 11.6 Å². The van der Waals surface area contributed by atoms with E-state index in [9.17, 15) is 8.78 Å². The molecule has 0 radical (unpaired) electrons. The molecule has 1 saturated heterocycles. The zero-order valence-corrected chi connectivity index (χ0v) is 11.6. The van der Waals surface area contributed by atoms with Gasteiger partial charge in [-0.2, -0.15) is 5.26 Å². The molecular formula is C15H19F2N3. The molecule has 1 heterocycles. The maximum Gasteiger partial charge on any atom is 0.150 e. The Hall–Kier alpha value is -1.67. The van der Waals surface area contributed by atoms with E-state index in [4.69, 9.17) is 5.26 Å². The molecule has 0 bridgehead atoms. The monoisotopic (exact) mass is 279 g/mol. The molecule has 1 aliphatic rings. The minimum atomic E-state index is -0.652. The molecule has 3 nitrogen and oxygen atoms in total. The molecule has 1 unspecified atom stereocenters. The van der Waals surface area contributed by atoms with Crippen LogP contribution in [0.5, 0.6) is 0 Å². The van der Waals surface area contributed by atoms with E-state index in [1.165, 1.54) is 0 Å². The first-order valence-electron chi connectivity index (χ1n) is 7.04. The number of halogens is 2. The summed E-state index contributed by atoms with van der Waals surface area (Å²) in [6, 6.07) is 4.09.